The summed E-state index contributed by atoms with van der Waals surface area (Å²) < 4.78 is 0. The summed E-state index contributed by atoms with van der Waals surface area (Å²) in [6, 6.07) is 7.18. The molecule has 0 aliphatic heterocycles. The SMILES string of the molecule is CC(=O)Nc1ccsc1CNc1cc(Cl)cc(Cl)c1. The van der Waals surface area contributed by atoms with Gasteiger partial charge in [0.25, 0.3) is 0 Å². The Morgan fingerprint density at radius 2 is 1.95 bits per heavy atom. The van der Waals surface area contributed by atoms with Crippen molar-refractivity contribution in [3.8, 4) is 0 Å². The standard InChI is InChI=1S/C13H12Cl2N2OS/c1-8(18)17-12-2-3-19-13(12)7-16-11-5-9(14)4-10(15)6-11/h2-6,16H,7H2,1H3,(H,17,18). The summed E-state index contributed by atoms with van der Waals surface area (Å²) in [5.74, 6) is -0.0783. The Labute approximate surface area is 125 Å². The Morgan fingerprint density at radius 1 is 1.26 bits per heavy atom. The maximum Gasteiger partial charge on any atom is 0.221 e. The molecule has 19 heavy (non-hydrogen) atoms. The number of nitrogens with one attached hydrogen (secondary N) is 2. The summed E-state index contributed by atoms with van der Waals surface area (Å²) in [5.41, 5.74) is 1.68. The molecule has 1 aromatic heterocycles. The molecule has 6 heteroatoms. The van der Waals surface area contributed by atoms with Gasteiger partial charge in [-0.2, -0.15) is 0 Å². The average Bonchev–Trinajstić information content (AvgIpc) is 2.71. The first-order valence-electron chi connectivity index (χ1n) is 5.58. The van der Waals surface area contributed by atoms with Crippen LogP contribution in [0.4, 0.5) is 11.4 Å². The monoisotopic (exact) mass is 314 g/mol. The van der Waals surface area contributed by atoms with Gasteiger partial charge in [0.2, 0.25) is 5.91 Å². The van der Waals surface area contributed by atoms with Crippen molar-refractivity contribution in [1.82, 2.24) is 0 Å². The molecule has 0 aliphatic carbocycles. The zero-order valence-corrected chi connectivity index (χ0v) is 12.5. The van der Waals surface area contributed by atoms with Gasteiger partial charge < -0.3 is 10.6 Å². The largest absolute Gasteiger partial charge is 0.380 e. The van der Waals surface area contributed by atoms with Crippen molar-refractivity contribution in [3.05, 3.63) is 44.6 Å². The molecule has 1 aromatic carbocycles. The molecule has 100 valence electrons. The minimum Gasteiger partial charge on any atom is -0.380 e. The molecule has 1 amide bonds. The van der Waals surface area contributed by atoms with E-state index >= 15 is 0 Å². The van der Waals surface area contributed by atoms with E-state index in [0.717, 1.165) is 16.3 Å². The van der Waals surface area contributed by atoms with E-state index in [1.165, 1.54) is 6.92 Å². The van der Waals surface area contributed by atoms with Gasteiger partial charge in [-0.05, 0) is 29.6 Å². The number of hydrogen-bond acceptors (Lipinski definition) is 3. The first kappa shape index (κ1) is 14.2. The van der Waals surface area contributed by atoms with E-state index in [9.17, 15) is 4.79 Å². The summed E-state index contributed by atoms with van der Waals surface area (Å²) in [6.07, 6.45) is 0. The average molecular weight is 315 g/mol. The lowest BCUT2D eigenvalue weighted by atomic mass is 10.3. The van der Waals surface area contributed by atoms with Crippen LogP contribution in [0.25, 0.3) is 0 Å². The molecule has 0 radical (unpaired) electrons. The molecule has 3 nitrogen and oxygen atoms in total. The van der Waals surface area contributed by atoms with Gasteiger partial charge in [0.05, 0.1) is 12.2 Å². The van der Waals surface area contributed by atoms with Gasteiger partial charge >= 0.3 is 0 Å². The van der Waals surface area contributed by atoms with E-state index in [1.54, 1.807) is 29.5 Å². The third kappa shape index (κ3) is 4.13. The summed E-state index contributed by atoms with van der Waals surface area (Å²) in [4.78, 5) is 12.1. The van der Waals surface area contributed by atoms with Crippen LogP contribution in [-0.4, -0.2) is 5.91 Å². The van der Waals surface area contributed by atoms with Gasteiger partial charge in [0.1, 0.15) is 0 Å². The number of halogens is 2. The molecule has 2 N–H and O–H groups in total. The Balaban J connectivity index is 2.06. The predicted molar refractivity (Wildman–Crippen MR) is 82.4 cm³/mol. The van der Waals surface area contributed by atoms with Crippen LogP contribution in [0.2, 0.25) is 10.0 Å². The van der Waals surface area contributed by atoms with Gasteiger partial charge in [-0.25, -0.2) is 0 Å². The van der Waals surface area contributed by atoms with Crippen molar-refractivity contribution in [1.29, 1.82) is 0 Å². The van der Waals surface area contributed by atoms with Crippen LogP contribution < -0.4 is 10.6 Å². The quantitative estimate of drug-likeness (QED) is 0.864. The molecule has 0 spiro atoms. The highest BCUT2D eigenvalue weighted by atomic mass is 35.5. The molecule has 0 bridgehead atoms. The first-order valence-corrected chi connectivity index (χ1v) is 7.22. The van der Waals surface area contributed by atoms with Gasteiger partial charge in [-0.15, -0.1) is 11.3 Å². The van der Waals surface area contributed by atoms with Crippen LogP contribution in [-0.2, 0) is 11.3 Å². The molecular weight excluding hydrogens is 303 g/mol. The smallest absolute Gasteiger partial charge is 0.221 e. The molecule has 0 atom stereocenters. The summed E-state index contributed by atoms with van der Waals surface area (Å²) >= 11 is 13.4. The normalized spacial score (nSPS) is 10.3. The second kappa shape index (κ2) is 6.28. The van der Waals surface area contributed by atoms with Gasteiger partial charge in [-0.1, -0.05) is 23.2 Å². The van der Waals surface area contributed by atoms with Crippen molar-refractivity contribution in [3.63, 3.8) is 0 Å². The van der Waals surface area contributed by atoms with E-state index in [1.807, 2.05) is 11.4 Å². The van der Waals surface area contributed by atoms with E-state index in [0.29, 0.717) is 16.6 Å². The fourth-order valence-electron chi connectivity index (χ4n) is 1.62. The molecule has 2 rings (SSSR count). The van der Waals surface area contributed by atoms with Gasteiger partial charge in [0.15, 0.2) is 0 Å². The Morgan fingerprint density at radius 3 is 2.58 bits per heavy atom. The minimum atomic E-state index is -0.0783. The third-order valence-corrected chi connectivity index (χ3v) is 3.73. The van der Waals surface area contributed by atoms with E-state index in [-0.39, 0.29) is 5.91 Å². The lowest BCUT2D eigenvalue weighted by molar-refractivity contribution is -0.114. The molecule has 0 fully saturated rings. The molecule has 0 saturated carbocycles. The Hall–Kier alpha value is -1.23. The highest BCUT2D eigenvalue weighted by molar-refractivity contribution is 7.10. The lowest BCUT2D eigenvalue weighted by Crippen LogP contribution is -2.08. The van der Waals surface area contributed by atoms with Crippen molar-refractivity contribution in [2.75, 3.05) is 10.6 Å². The number of benzene rings is 1. The fraction of sp³-hybridized carbons (Fsp3) is 0.154. The number of carbonyl (C=O) groups excluding carboxylic acids is 1. The molecule has 0 saturated heterocycles. The number of thiophene rings is 1. The second-order valence-electron chi connectivity index (χ2n) is 3.95. The molecule has 0 aliphatic rings. The fourth-order valence-corrected chi connectivity index (χ4v) is 2.91. The minimum absolute atomic E-state index is 0.0783. The number of carbonyl (C=O) groups is 1. The first-order chi connectivity index (χ1) is 9.04. The highest BCUT2D eigenvalue weighted by Crippen LogP contribution is 2.26. The maximum atomic E-state index is 11.1. The number of anilines is 2. The van der Waals surface area contributed by atoms with Crippen LogP contribution in [0.5, 0.6) is 0 Å². The third-order valence-electron chi connectivity index (χ3n) is 2.37. The van der Waals surface area contributed by atoms with Gasteiger partial charge in [0, 0.05) is 27.5 Å². The highest BCUT2D eigenvalue weighted by Gasteiger charge is 2.06. The lowest BCUT2D eigenvalue weighted by Gasteiger charge is -2.08. The van der Waals surface area contributed by atoms with Crippen LogP contribution in [0.15, 0.2) is 29.6 Å². The Bertz CT molecular complexity index is 578. The summed E-state index contributed by atoms with van der Waals surface area (Å²) in [6.45, 7) is 2.09. The topological polar surface area (TPSA) is 41.1 Å². The second-order valence-corrected chi connectivity index (χ2v) is 5.82. The van der Waals surface area contributed by atoms with Crippen LogP contribution >= 0.6 is 34.5 Å². The molecule has 1 heterocycles. The zero-order valence-electron chi connectivity index (χ0n) is 10.2. The van der Waals surface area contributed by atoms with E-state index in [2.05, 4.69) is 10.6 Å². The number of hydrogen-bond donors (Lipinski definition) is 2. The predicted octanol–water partition coefficient (Wildman–Crippen LogP) is 4.63. The van der Waals surface area contributed by atoms with E-state index in [4.69, 9.17) is 23.2 Å². The maximum absolute atomic E-state index is 11.1. The molecule has 0 unspecified atom stereocenters. The van der Waals surface area contributed by atoms with Crippen molar-refractivity contribution >= 4 is 51.8 Å². The molecular formula is C13H12Cl2N2OS. The van der Waals surface area contributed by atoms with Crippen molar-refractivity contribution in [2.24, 2.45) is 0 Å². The zero-order chi connectivity index (χ0) is 13.8. The van der Waals surface area contributed by atoms with Crippen LogP contribution in [0.3, 0.4) is 0 Å². The Kier molecular flexibility index (Phi) is 4.69. The van der Waals surface area contributed by atoms with Gasteiger partial charge in [-0.3, -0.25) is 4.79 Å². The summed E-state index contributed by atoms with van der Waals surface area (Å²) in [7, 11) is 0. The van der Waals surface area contributed by atoms with Crippen molar-refractivity contribution < 1.29 is 4.79 Å². The molecule has 2 aromatic rings. The number of rotatable bonds is 4. The number of amides is 1. The van der Waals surface area contributed by atoms with Crippen molar-refractivity contribution in [2.45, 2.75) is 13.5 Å². The summed E-state index contributed by atoms with van der Waals surface area (Å²) in [5, 5.41) is 9.13. The van der Waals surface area contributed by atoms with Crippen LogP contribution in [0, 0.1) is 0 Å². The van der Waals surface area contributed by atoms with E-state index < -0.39 is 0 Å². The van der Waals surface area contributed by atoms with Crippen LogP contribution in [0.1, 0.15) is 11.8 Å².